The Labute approximate surface area is 201 Å². The monoisotopic (exact) mass is 480 g/mol. The van der Waals surface area contributed by atoms with Gasteiger partial charge in [-0.2, -0.15) is 0 Å². The van der Waals surface area contributed by atoms with Crippen LogP contribution in [-0.2, 0) is 16.1 Å². The molecule has 1 aliphatic rings. The van der Waals surface area contributed by atoms with Crippen LogP contribution >= 0.6 is 23.4 Å². The van der Waals surface area contributed by atoms with Crippen molar-refractivity contribution in [2.45, 2.75) is 11.4 Å². The molecule has 0 fully saturated rings. The molecule has 0 unspecified atom stereocenters. The highest BCUT2D eigenvalue weighted by Gasteiger charge is 2.39. The van der Waals surface area contributed by atoms with Gasteiger partial charge in [-0.1, -0.05) is 53.7 Å². The van der Waals surface area contributed by atoms with Crippen LogP contribution in [0.15, 0.2) is 88.3 Å². The first-order valence-corrected chi connectivity index (χ1v) is 11.3. The highest BCUT2D eigenvalue weighted by Crippen LogP contribution is 2.38. The van der Waals surface area contributed by atoms with Gasteiger partial charge in [-0.3, -0.25) is 14.5 Å². The summed E-state index contributed by atoms with van der Waals surface area (Å²) in [5.41, 5.74) is 1.56. The van der Waals surface area contributed by atoms with Gasteiger partial charge in [0.05, 0.1) is 26.5 Å². The molecule has 3 aromatic carbocycles. The zero-order valence-corrected chi connectivity index (χ0v) is 19.6. The molecule has 168 valence electrons. The van der Waals surface area contributed by atoms with Gasteiger partial charge in [0.2, 0.25) is 0 Å². The topological polar surface area (TPSA) is 67.9 Å². The summed E-state index contributed by atoms with van der Waals surface area (Å²) in [6.45, 7) is 0.170. The Kier molecular flexibility index (Phi) is 6.91. The number of rotatable bonds is 8. The predicted octanol–water partition coefficient (Wildman–Crippen LogP) is 5.34. The Hall–Kier alpha value is -3.42. The molecule has 0 atom stereocenters. The molecule has 8 heteroatoms. The number of benzene rings is 3. The van der Waals surface area contributed by atoms with Crippen LogP contribution in [0.2, 0.25) is 5.02 Å². The summed E-state index contributed by atoms with van der Waals surface area (Å²) in [5.74, 6) is 0.322. The van der Waals surface area contributed by atoms with Gasteiger partial charge in [-0.05, 0) is 42.0 Å². The number of thioether (sulfide) groups is 1. The van der Waals surface area contributed by atoms with Crippen LogP contribution in [0.1, 0.15) is 5.56 Å². The lowest BCUT2D eigenvalue weighted by Crippen LogP contribution is -2.31. The number of nitrogens with one attached hydrogen (secondary N) is 1. The van der Waals surface area contributed by atoms with E-state index in [4.69, 9.17) is 21.1 Å². The minimum Gasteiger partial charge on any atom is -0.497 e. The fourth-order valence-corrected chi connectivity index (χ4v) is 4.41. The first kappa shape index (κ1) is 22.8. The molecular formula is C25H21ClN2O4S. The minimum atomic E-state index is -0.412. The summed E-state index contributed by atoms with van der Waals surface area (Å²) in [6.07, 6.45) is 0. The number of carbonyl (C=O) groups is 2. The molecular weight excluding hydrogens is 460 g/mol. The third kappa shape index (κ3) is 4.99. The quantitative estimate of drug-likeness (QED) is 0.439. The van der Waals surface area contributed by atoms with Crippen LogP contribution in [0.4, 0.5) is 5.69 Å². The van der Waals surface area contributed by atoms with Gasteiger partial charge in [0.1, 0.15) is 22.1 Å². The molecule has 3 aromatic rings. The fourth-order valence-electron chi connectivity index (χ4n) is 3.34. The number of halogens is 1. The Morgan fingerprint density at radius 1 is 0.909 bits per heavy atom. The molecule has 4 rings (SSSR count). The number of carbonyl (C=O) groups excluding carboxylic acids is 2. The lowest BCUT2D eigenvalue weighted by molar-refractivity contribution is -0.137. The second-order valence-corrected chi connectivity index (χ2v) is 8.65. The summed E-state index contributed by atoms with van der Waals surface area (Å²) in [5, 5.41) is 3.72. The lowest BCUT2D eigenvalue weighted by Gasteiger charge is -2.16. The maximum absolute atomic E-state index is 13.4. The number of amides is 2. The number of methoxy groups -OCH3 is 2. The summed E-state index contributed by atoms with van der Waals surface area (Å²) in [7, 11) is 3.09. The smallest absolute Gasteiger partial charge is 0.278 e. The van der Waals surface area contributed by atoms with E-state index in [-0.39, 0.29) is 18.1 Å². The Balaban J connectivity index is 1.72. The summed E-state index contributed by atoms with van der Waals surface area (Å²) in [4.78, 5) is 29.1. The van der Waals surface area contributed by atoms with E-state index in [9.17, 15) is 9.59 Å². The van der Waals surface area contributed by atoms with Crippen molar-refractivity contribution in [3.05, 3.63) is 94.0 Å². The molecule has 1 aliphatic heterocycles. The standard InChI is InChI=1S/C25H21ClN2O4S/c1-31-18-10-13-21(32-2)20(14-18)27-22-23(33-19-11-8-17(26)9-12-19)25(30)28(24(22)29)15-16-6-4-3-5-7-16/h3-14,27H,15H2,1-2H3. The van der Waals surface area contributed by atoms with Crippen LogP contribution in [0, 0.1) is 0 Å². The molecule has 6 nitrogen and oxygen atoms in total. The zero-order valence-electron chi connectivity index (χ0n) is 18.0. The predicted molar refractivity (Wildman–Crippen MR) is 130 cm³/mol. The summed E-state index contributed by atoms with van der Waals surface area (Å²) >= 11 is 7.21. The second kappa shape index (κ2) is 10.0. The highest BCUT2D eigenvalue weighted by molar-refractivity contribution is 8.04. The SMILES string of the molecule is COc1ccc(OC)c(NC2=C(Sc3ccc(Cl)cc3)C(=O)N(Cc3ccccc3)C2=O)c1. The van der Waals surface area contributed by atoms with Gasteiger partial charge in [-0.15, -0.1) is 0 Å². The summed E-state index contributed by atoms with van der Waals surface area (Å²) < 4.78 is 10.7. The molecule has 1 N–H and O–H groups in total. The first-order chi connectivity index (χ1) is 16.0. The van der Waals surface area contributed by atoms with Crippen LogP contribution in [0.5, 0.6) is 11.5 Å². The number of anilines is 1. The molecule has 0 radical (unpaired) electrons. The molecule has 0 aliphatic carbocycles. The van der Waals surface area contributed by atoms with Gasteiger partial charge in [0, 0.05) is 16.0 Å². The molecule has 2 amide bonds. The first-order valence-electron chi connectivity index (χ1n) is 10.1. The fraction of sp³-hybridized carbons (Fsp3) is 0.120. The lowest BCUT2D eigenvalue weighted by atomic mass is 10.2. The molecule has 0 saturated heterocycles. The number of ether oxygens (including phenoxy) is 2. The van der Waals surface area contributed by atoms with Gasteiger partial charge in [0.25, 0.3) is 11.8 Å². The Bertz CT molecular complexity index is 1210. The van der Waals surface area contributed by atoms with E-state index in [0.717, 1.165) is 10.5 Å². The zero-order chi connectivity index (χ0) is 23.4. The van der Waals surface area contributed by atoms with Crippen molar-refractivity contribution in [2.75, 3.05) is 19.5 Å². The number of hydrogen-bond acceptors (Lipinski definition) is 6. The highest BCUT2D eigenvalue weighted by atomic mass is 35.5. The summed E-state index contributed by atoms with van der Waals surface area (Å²) in [6, 6.07) is 21.7. The van der Waals surface area contributed by atoms with Gasteiger partial charge >= 0.3 is 0 Å². The maximum atomic E-state index is 13.4. The van der Waals surface area contributed by atoms with Crippen LogP contribution in [0.25, 0.3) is 0 Å². The minimum absolute atomic E-state index is 0.170. The van der Waals surface area contributed by atoms with Crippen molar-refractivity contribution < 1.29 is 19.1 Å². The van der Waals surface area contributed by atoms with E-state index in [1.54, 1.807) is 49.6 Å². The van der Waals surface area contributed by atoms with Crippen molar-refractivity contribution in [3.63, 3.8) is 0 Å². The van der Waals surface area contributed by atoms with E-state index >= 15 is 0 Å². The molecule has 0 saturated carbocycles. The molecule has 33 heavy (non-hydrogen) atoms. The molecule has 0 spiro atoms. The average molecular weight is 481 g/mol. The normalized spacial score (nSPS) is 13.5. The number of imide groups is 1. The maximum Gasteiger partial charge on any atom is 0.278 e. The van der Waals surface area contributed by atoms with Crippen LogP contribution in [-0.4, -0.2) is 30.9 Å². The molecule has 0 bridgehead atoms. The third-order valence-corrected chi connectivity index (χ3v) is 6.35. The third-order valence-electron chi connectivity index (χ3n) is 5.01. The Morgan fingerprint density at radius 3 is 2.30 bits per heavy atom. The number of nitrogens with zero attached hydrogens (tertiary/aromatic N) is 1. The van der Waals surface area contributed by atoms with Crippen molar-refractivity contribution >= 4 is 40.9 Å². The van der Waals surface area contributed by atoms with Gasteiger partial charge < -0.3 is 14.8 Å². The van der Waals surface area contributed by atoms with E-state index in [1.807, 2.05) is 30.3 Å². The second-order valence-electron chi connectivity index (χ2n) is 7.13. The molecule has 1 heterocycles. The molecule has 0 aromatic heterocycles. The number of hydrogen-bond donors (Lipinski definition) is 1. The average Bonchev–Trinajstić information content (AvgIpc) is 3.05. The largest absolute Gasteiger partial charge is 0.497 e. The van der Waals surface area contributed by atoms with Gasteiger partial charge in [0.15, 0.2) is 0 Å². The van der Waals surface area contributed by atoms with Crippen LogP contribution < -0.4 is 14.8 Å². The van der Waals surface area contributed by atoms with Crippen LogP contribution in [0.3, 0.4) is 0 Å². The van der Waals surface area contributed by atoms with E-state index in [1.165, 1.54) is 23.8 Å². The van der Waals surface area contributed by atoms with Gasteiger partial charge in [-0.25, -0.2) is 0 Å². The van der Waals surface area contributed by atoms with Crippen molar-refractivity contribution in [1.82, 2.24) is 4.90 Å². The van der Waals surface area contributed by atoms with Crippen molar-refractivity contribution in [3.8, 4) is 11.5 Å². The Morgan fingerprint density at radius 2 is 1.64 bits per heavy atom. The van der Waals surface area contributed by atoms with E-state index < -0.39 is 5.91 Å². The van der Waals surface area contributed by atoms with Crippen molar-refractivity contribution in [1.29, 1.82) is 0 Å². The van der Waals surface area contributed by atoms with Crippen molar-refractivity contribution in [2.24, 2.45) is 0 Å². The van der Waals surface area contributed by atoms with E-state index in [2.05, 4.69) is 5.32 Å². The van der Waals surface area contributed by atoms with E-state index in [0.29, 0.717) is 27.1 Å².